The number of ketones is 1. The number of carbonyl (C=O) groups excluding carboxylic acids is 1. The lowest BCUT2D eigenvalue weighted by molar-refractivity contribution is -0.122. The fourth-order valence-electron chi connectivity index (χ4n) is 6.19. The first-order valence-electron chi connectivity index (χ1n) is 11.0. The molecule has 1 saturated carbocycles. The highest BCUT2D eigenvalue weighted by Gasteiger charge is 2.43. The molecule has 26 heavy (non-hydrogen) atoms. The molecule has 2 rings (SSSR count). The van der Waals surface area contributed by atoms with Crippen LogP contribution in [-0.4, -0.2) is 11.5 Å². The van der Waals surface area contributed by atoms with Gasteiger partial charge in [0.25, 0.3) is 0 Å². The van der Waals surface area contributed by atoms with Crippen LogP contribution < -0.4 is 0 Å². The van der Waals surface area contributed by atoms with Gasteiger partial charge in [0.1, 0.15) is 5.78 Å². The molecule has 0 radical (unpaired) electrons. The lowest BCUT2D eigenvalue weighted by Gasteiger charge is -2.47. The van der Waals surface area contributed by atoms with E-state index in [-0.39, 0.29) is 11.3 Å². The largest absolute Gasteiger partial charge is 0.305 e. The Kier molecular flexibility index (Phi) is 7.27. The SMILES string of the molecule is CCC1=CC(=N)CCC1(C)C1CCC(C)C(C(C)=O)CCC(CC)C1C. The molecule has 148 valence electrons. The highest BCUT2D eigenvalue weighted by molar-refractivity contribution is 5.94. The Hall–Kier alpha value is -0.920. The third-order valence-electron chi connectivity index (χ3n) is 8.09. The Morgan fingerprint density at radius 2 is 1.88 bits per heavy atom. The Bertz CT molecular complexity index is 548. The summed E-state index contributed by atoms with van der Waals surface area (Å²) in [5, 5.41) is 8.14. The van der Waals surface area contributed by atoms with E-state index in [1.165, 1.54) is 31.3 Å². The van der Waals surface area contributed by atoms with Crippen LogP contribution in [0.3, 0.4) is 0 Å². The summed E-state index contributed by atoms with van der Waals surface area (Å²) in [6.45, 7) is 13.7. The molecule has 0 spiro atoms. The van der Waals surface area contributed by atoms with Gasteiger partial charge in [-0.2, -0.15) is 0 Å². The minimum Gasteiger partial charge on any atom is -0.305 e. The van der Waals surface area contributed by atoms with Crippen molar-refractivity contribution in [3.63, 3.8) is 0 Å². The van der Waals surface area contributed by atoms with Gasteiger partial charge in [0.2, 0.25) is 0 Å². The van der Waals surface area contributed by atoms with E-state index in [0.29, 0.717) is 29.5 Å². The minimum atomic E-state index is 0.224. The highest BCUT2D eigenvalue weighted by atomic mass is 16.1. The third kappa shape index (κ3) is 4.31. The molecule has 1 fully saturated rings. The molecule has 2 aliphatic carbocycles. The van der Waals surface area contributed by atoms with Crippen LogP contribution in [0.15, 0.2) is 11.6 Å². The second-order valence-corrected chi connectivity index (χ2v) is 9.45. The number of nitrogens with one attached hydrogen (secondary N) is 1. The predicted octanol–water partition coefficient (Wildman–Crippen LogP) is 6.84. The molecular weight excluding hydrogens is 318 g/mol. The second kappa shape index (κ2) is 8.85. The van der Waals surface area contributed by atoms with Gasteiger partial charge in [0, 0.05) is 11.6 Å². The lowest BCUT2D eigenvalue weighted by Crippen LogP contribution is -2.39. The van der Waals surface area contributed by atoms with Gasteiger partial charge in [-0.3, -0.25) is 4.79 Å². The molecular formula is C24H41NO. The van der Waals surface area contributed by atoms with E-state index >= 15 is 0 Å². The minimum absolute atomic E-state index is 0.224. The van der Waals surface area contributed by atoms with E-state index in [9.17, 15) is 4.79 Å². The van der Waals surface area contributed by atoms with Crippen LogP contribution in [0.25, 0.3) is 0 Å². The Labute approximate surface area is 161 Å². The molecule has 2 aliphatic rings. The average Bonchev–Trinajstić information content (AvgIpc) is 2.65. The van der Waals surface area contributed by atoms with Gasteiger partial charge in [0.15, 0.2) is 0 Å². The zero-order valence-corrected chi connectivity index (χ0v) is 18.0. The van der Waals surface area contributed by atoms with Crippen LogP contribution in [0.1, 0.15) is 92.9 Å². The van der Waals surface area contributed by atoms with Crippen molar-refractivity contribution in [1.82, 2.24) is 0 Å². The monoisotopic (exact) mass is 359 g/mol. The van der Waals surface area contributed by atoms with Gasteiger partial charge in [-0.05, 0) is 87.0 Å². The molecule has 0 saturated heterocycles. The van der Waals surface area contributed by atoms with Crippen LogP contribution in [-0.2, 0) is 4.79 Å². The van der Waals surface area contributed by atoms with E-state index in [1.54, 1.807) is 6.92 Å². The first-order valence-corrected chi connectivity index (χ1v) is 11.0. The first-order chi connectivity index (χ1) is 12.2. The summed E-state index contributed by atoms with van der Waals surface area (Å²) in [5.41, 5.74) is 2.53. The van der Waals surface area contributed by atoms with Crippen LogP contribution in [0.5, 0.6) is 0 Å². The molecule has 2 nitrogen and oxygen atoms in total. The molecule has 2 heteroatoms. The van der Waals surface area contributed by atoms with Crippen molar-refractivity contribution in [2.24, 2.45) is 35.0 Å². The second-order valence-electron chi connectivity index (χ2n) is 9.45. The van der Waals surface area contributed by atoms with Crippen molar-refractivity contribution < 1.29 is 4.79 Å². The van der Waals surface area contributed by atoms with Gasteiger partial charge >= 0.3 is 0 Å². The van der Waals surface area contributed by atoms with Crippen LogP contribution in [0.4, 0.5) is 0 Å². The summed E-state index contributed by atoms with van der Waals surface area (Å²) in [6, 6.07) is 0. The molecule has 0 aromatic heterocycles. The summed E-state index contributed by atoms with van der Waals surface area (Å²) in [4.78, 5) is 12.2. The summed E-state index contributed by atoms with van der Waals surface area (Å²) >= 11 is 0. The van der Waals surface area contributed by atoms with Gasteiger partial charge in [0.05, 0.1) is 0 Å². The smallest absolute Gasteiger partial charge is 0.133 e. The fourth-order valence-corrected chi connectivity index (χ4v) is 6.19. The Morgan fingerprint density at radius 3 is 2.46 bits per heavy atom. The number of hydrogen-bond acceptors (Lipinski definition) is 2. The summed E-state index contributed by atoms with van der Waals surface area (Å²) in [7, 11) is 0. The van der Waals surface area contributed by atoms with Crippen molar-refractivity contribution in [2.45, 2.75) is 92.9 Å². The molecule has 0 bridgehead atoms. The topological polar surface area (TPSA) is 40.9 Å². The van der Waals surface area contributed by atoms with E-state index in [0.717, 1.165) is 31.4 Å². The maximum Gasteiger partial charge on any atom is 0.133 e. The maximum atomic E-state index is 12.2. The first kappa shape index (κ1) is 21.4. The molecule has 1 N–H and O–H groups in total. The average molecular weight is 360 g/mol. The van der Waals surface area contributed by atoms with Crippen molar-refractivity contribution in [3.8, 4) is 0 Å². The van der Waals surface area contributed by atoms with Crippen LogP contribution >= 0.6 is 0 Å². The molecule has 0 aromatic rings. The number of allylic oxidation sites excluding steroid dienone is 2. The molecule has 0 heterocycles. The normalized spacial score (nSPS) is 39.5. The zero-order valence-electron chi connectivity index (χ0n) is 18.0. The predicted molar refractivity (Wildman–Crippen MR) is 112 cm³/mol. The fraction of sp³-hybridized carbons (Fsp3) is 0.833. The lowest BCUT2D eigenvalue weighted by atomic mass is 9.58. The Morgan fingerprint density at radius 1 is 1.19 bits per heavy atom. The molecule has 0 aliphatic heterocycles. The zero-order chi connectivity index (χ0) is 19.5. The quantitative estimate of drug-likeness (QED) is 0.586. The van der Waals surface area contributed by atoms with E-state index in [1.807, 2.05) is 0 Å². The van der Waals surface area contributed by atoms with Crippen molar-refractivity contribution in [3.05, 3.63) is 11.6 Å². The van der Waals surface area contributed by atoms with Gasteiger partial charge < -0.3 is 5.41 Å². The van der Waals surface area contributed by atoms with Crippen molar-refractivity contribution in [2.75, 3.05) is 0 Å². The van der Waals surface area contributed by atoms with Crippen molar-refractivity contribution >= 4 is 11.5 Å². The summed E-state index contributed by atoms with van der Waals surface area (Å²) in [5.74, 6) is 3.21. The van der Waals surface area contributed by atoms with Crippen LogP contribution in [0.2, 0.25) is 0 Å². The van der Waals surface area contributed by atoms with Crippen LogP contribution in [0, 0.1) is 40.4 Å². The van der Waals surface area contributed by atoms with Crippen molar-refractivity contribution in [1.29, 1.82) is 5.41 Å². The standard InChI is InChI=1S/C24H41NO/c1-7-19-10-11-22(18(5)26)16(3)9-12-23(17(19)4)24(6)14-13-21(25)15-20(24)8-2/h15-17,19,22-23,25H,7-14H2,1-6H3. The molecule has 6 unspecified atom stereocenters. The highest BCUT2D eigenvalue weighted by Crippen LogP contribution is 2.52. The van der Waals surface area contributed by atoms with E-state index in [4.69, 9.17) is 5.41 Å². The van der Waals surface area contributed by atoms with Gasteiger partial charge in [-0.15, -0.1) is 0 Å². The number of carbonyl (C=O) groups is 1. The maximum absolute atomic E-state index is 12.2. The number of hydrogen-bond donors (Lipinski definition) is 1. The summed E-state index contributed by atoms with van der Waals surface area (Å²) < 4.78 is 0. The van der Waals surface area contributed by atoms with E-state index in [2.05, 4.69) is 40.7 Å². The third-order valence-corrected chi connectivity index (χ3v) is 8.09. The molecule has 0 aromatic carbocycles. The number of Topliss-reactive ketones (excluding diaryl/α,β-unsaturated/α-hetero) is 1. The van der Waals surface area contributed by atoms with E-state index < -0.39 is 0 Å². The molecule has 0 amide bonds. The summed E-state index contributed by atoms with van der Waals surface area (Å²) in [6.07, 6.45) is 11.2. The van der Waals surface area contributed by atoms with Gasteiger partial charge in [-0.25, -0.2) is 0 Å². The Balaban J connectivity index is 2.37. The number of rotatable bonds is 4. The molecule has 6 atom stereocenters. The van der Waals surface area contributed by atoms with Gasteiger partial charge in [-0.1, -0.05) is 46.6 Å².